The SMILES string of the molecule is CCCCCCCCCCCCCCCCCCCCCCCCC/C=C/C(O)C(COC1OC(CO)C(O)C(O)C1O)NC(=O)CCCCCCCCCCCCCCCCCCCCCCCCCCCCCCCCCCCCCCC. The van der Waals surface area contributed by atoms with E-state index in [1.165, 1.54) is 353 Å². The second-order valence-corrected chi connectivity index (χ2v) is 27.2. The van der Waals surface area contributed by atoms with Crippen molar-refractivity contribution in [3.8, 4) is 0 Å². The van der Waals surface area contributed by atoms with E-state index in [0.717, 1.165) is 38.5 Å². The highest BCUT2D eigenvalue weighted by molar-refractivity contribution is 5.76. The van der Waals surface area contributed by atoms with Crippen molar-refractivity contribution in [3.05, 3.63) is 12.2 Å². The minimum atomic E-state index is -1.56. The Bertz CT molecular complexity index is 1350. The zero-order valence-electron chi connectivity index (χ0n) is 56.9. The summed E-state index contributed by atoms with van der Waals surface area (Å²) in [5.41, 5.74) is 0. The number of amides is 1. The normalized spacial score (nSPS) is 18.0. The van der Waals surface area contributed by atoms with Crippen molar-refractivity contribution in [3.63, 3.8) is 0 Å². The third-order valence-electron chi connectivity index (χ3n) is 18.9. The van der Waals surface area contributed by atoms with Crippen molar-refractivity contribution in [1.29, 1.82) is 0 Å². The lowest BCUT2D eigenvalue weighted by atomic mass is 9.99. The van der Waals surface area contributed by atoms with Gasteiger partial charge in [-0.15, -0.1) is 0 Å². The molecule has 85 heavy (non-hydrogen) atoms. The van der Waals surface area contributed by atoms with Gasteiger partial charge in [0.25, 0.3) is 0 Å². The first-order valence-electron chi connectivity index (χ1n) is 38.4. The number of hydrogen-bond acceptors (Lipinski definition) is 8. The van der Waals surface area contributed by atoms with E-state index in [1.54, 1.807) is 6.08 Å². The van der Waals surface area contributed by atoms with Crippen LogP contribution in [0.4, 0.5) is 0 Å². The van der Waals surface area contributed by atoms with E-state index in [0.29, 0.717) is 6.42 Å². The number of rotatable bonds is 69. The average molecular weight is 1210 g/mol. The number of carbonyl (C=O) groups is 1. The van der Waals surface area contributed by atoms with E-state index in [1.807, 2.05) is 6.08 Å². The summed E-state index contributed by atoms with van der Waals surface area (Å²) in [7, 11) is 0. The minimum absolute atomic E-state index is 0.166. The van der Waals surface area contributed by atoms with Gasteiger partial charge < -0.3 is 40.3 Å². The highest BCUT2D eigenvalue weighted by Gasteiger charge is 2.44. The van der Waals surface area contributed by atoms with Crippen LogP contribution in [0.15, 0.2) is 12.2 Å². The molecule has 7 atom stereocenters. The molecule has 0 spiro atoms. The number of aliphatic hydroxyl groups excluding tert-OH is 5. The second kappa shape index (κ2) is 65.9. The molecule has 9 nitrogen and oxygen atoms in total. The molecule has 1 aliphatic heterocycles. The molecular formula is C76H149NO8. The molecule has 1 heterocycles. The van der Waals surface area contributed by atoms with Gasteiger partial charge in [0, 0.05) is 6.42 Å². The van der Waals surface area contributed by atoms with Gasteiger partial charge >= 0.3 is 0 Å². The first-order chi connectivity index (χ1) is 41.8. The number of allylic oxidation sites excluding steroid dienone is 1. The Balaban J connectivity index is 2.05. The maximum absolute atomic E-state index is 13.2. The first-order valence-corrected chi connectivity index (χ1v) is 38.4. The largest absolute Gasteiger partial charge is 0.394 e. The third-order valence-corrected chi connectivity index (χ3v) is 18.9. The zero-order chi connectivity index (χ0) is 61.4. The van der Waals surface area contributed by atoms with Crippen LogP contribution in [0.1, 0.15) is 412 Å². The van der Waals surface area contributed by atoms with Crippen LogP contribution in [0.25, 0.3) is 0 Å². The van der Waals surface area contributed by atoms with Crippen LogP contribution in [0.5, 0.6) is 0 Å². The smallest absolute Gasteiger partial charge is 0.220 e. The fourth-order valence-corrected chi connectivity index (χ4v) is 12.9. The van der Waals surface area contributed by atoms with Crippen LogP contribution in [-0.2, 0) is 14.3 Å². The molecule has 1 saturated heterocycles. The molecule has 6 N–H and O–H groups in total. The monoisotopic (exact) mass is 1200 g/mol. The zero-order valence-corrected chi connectivity index (χ0v) is 56.9. The van der Waals surface area contributed by atoms with Crippen LogP contribution in [0, 0.1) is 0 Å². The highest BCUT2D eigenvalue weighted by atomic mass is 16.7. The molecule has 0 radical (unpaired) electrons. The summed E-state index contributed by atoms with van der Waals surface area (Å²) in [6.07, 6.45) is 79.3. The fourth-order valence-electron chi connectivity index (χ4n) is 12.9. The minimum Gasteiger partial charge on any atom is -0.394 e. The molecule has 0 bridgehead atoms. The van der Waals surface area contributed by atoms with E-state index in [2.05, 4.69) is 19.2 Å². The summed E-state index contributed by atoms with van der Waals surface area (Å²) in [6, 6.07) is -0.802. The third kappa shape index (κ3) is 54.4. The highest BCUT2D eigenvalue weighted by Crippen LogP contribution is 2.24. The van der Waals surface area contributed by atoms with Crippen molar-refractivity contribution in [1.82, 2.24) is 5.32 Å². The Morgan fingerprint density at radius 1 is 0.388 bits per heavy atom. The van der Waals surface area contributed by atoms with Gasteiger partial charge in [-0.2, -0.15) is 0 Å². The average Bonchev–Trinajstić information content (AvgIpc) is 3.68. The van der Waals surface area contributed by atoms with Crippen LogP contribution >= 0.6 is 0 Å². The molecule has 0 aliphatic carbocycles. The number of unbranched alkanes of at least 4 members (excludes halogenated alkanes) is 59. The lowest BCUT2D eigenvalue weighted by Gasteiger charge is -2.40. The lowest BCUT2D eigenvalue weighted by Crippen LogP contribution is -2.60. The quantitative estimate of drug-likeness (QED) is 0.0261. The summed E-state index contributed by atoms with van der Waals surface area (Å²) < 4.78 is 11.3. The predicted octanol–water partition coefficient (Wildman–Crippen LogP) is 21.4. The molecule has 0 saturated carbocycles. The molecule has 1 amide bonds. The van der Waals surface area contributed by atoms with Gasteiger partial charge in [0.1, 0.15) is 24.4 Å². The van der Waals surface area contributed by atoms with Gasteiger partial charge in [-0.05, 0) is 19.3 Å². The summed E-state index contributed by atoms with van der Waals surface area (Å²) in [4.78, 5) is 13.2. The standard InChI is InChI=1S/C76H149NO8/c1-3-5-7-9-11-13-15-17-19-21-23-25-27-29-30-31-32-33-34-35-36-37-38-39-40-42-44-46-48-50-52-54-56-58-60-62-64-66-72(80)77-69(68-84-76-75(83)74(82)73(81)71(67-78)85-76)70(79)65-63-61-59-57-55-53-51-49-47-45-43-41-28-26-24-22-20-18-16-14-12-10-8-6-4-2/h63,65,69-71,73-76,78-79,81-83H,3-62,64,66-68H2,1-2H3,(H,77,80)/b65-63+. The van der Waals surface area contributed by atoms with Crippen LogP contribution in [-0.4, -0.2) is 87.5 Å². The van der Waals surface area contributed by atoms with E-state index < -0.39 is 49.5 Å². The van der Waals surface area contributed by atoms with Gasteiger partial charge in [-0.1, -0.05) is 398 Å². The number of ether oxygens (including phenoxy) is 2. The van der Waals surface area contributed by atoms with Gasteiger partial charge in [-0.3, -0.25) is 4.79 Å². The summed E-state index contributed by atoms with van der Waals surface area (Å²) >= 11 is 0. The summed E-state index contributed by atoms with van der Waals surface area (Å²) in [5.74, 6) is -0.166. The Morgan fingerprint density at radius 3 is 0.918 bits per heavy atom. The number of carbonyl (C=O) groups excluding carboxylic acids is 1. The van der Waals surface area contributed by atoms with Crippen LogP contribution in [0.3, 0.4) is 0 Å². The van der Waals surface area contributed by atoms with Crippen molar-refractivity contribution >= 4 is 5.91 Å². The molecule has 7 unspecified atom stereocenters. The van der Waals surface area contributed by atoms with Crippen molar-refractivity contribution in [2.45, 2.75) is 455 Å². The van der Waals surface area contributed by atoms with E-state index in [9.17, 15) is 30.3 Å². The Kier molecular flexibility index (Phi) is 63.5. The van der Waals surface area contributed by atoms with Crippen molar-refractivity contribution in [2.75, 3.05) is 13.2 Å². The molecular weight excluding hydrogens is 1050 g/mol. The fraction of sp³-hybridized carbons (Fsp3) is 0.961. The first kappa shape index (κ1) is 81.9. The maximum Gasteiger partial charge on any atom is 0.220 e. The van der Waals surface area contributed by atoms with Gasteiger partial charge in [0.15, 0.2) is 6.29 Å². The summed E-state index contributed by atoms with van der Waals surface area (Å²) in [6.45, 7) is 3.85. The van der Waals surface area contributed by atoms with Gasteiger partial charge in [0.05, 0.1) is 25.4 Å². The van der Waals surface area contributed by atoms with E-state index in [4.69, 9.17) is 9.47 Å². The topological polar surface area (TPSA) is 149 Å². The van der Waals surface area contributed by atoms with Gasteiger partial charge in [-0.25, -0.2) is 0 Å². The molecule has 1 aliphatic rings. The summed E-state index contributed by atoms with van der Waals surface area (Å²) in [5, 5.41) is 54.8. The second-order valence-electron chi connectivity index (χ2n) is 27.2. The Labute approximate surface area is 528 Å². The maximum atomic E-state index is 13.2. The Hall–Kier alpha value is -1.07. The molecule has 1 rings (SSSR count). The molecule has 0 aromatic heterocycles. The Morgan fingerprint density at radius 2 is 0.647 bits per heavy atom. The molecule has 0 aromatic rings. The van der Waals surface area contributed by atoms with E-state index >= 15 is 0 Å². The number of nitrogens with one attached hydrogen (secondary N) is 1. The number of aliphatic hydroxyl groups is 5. The molecule has 9 heteroatoms. The number of hydrogen-bond donors (Lipinski definition) is 6. The van der Waals surface area contributed by atoms with Crippen molar-refractivity contribution < 1.29 is 39.8 Å². The molecule has 506 valence electrons. The van der Waals surface area contributed by atoms with E-state index in [-0.39, 0.29) is 12.5 Å². The van der Waals surface area contributed by atoms with Crippen LogP contribution in [0.2, 0.25) is 0 Å². The molecule has 0 aromatic carbocycles. The van der Waals surface area contributed by atoms with Gasteiger partial charge in [0.2, 0.25) is 5.91 Å². The van der Waals surface area contributed by atoms with Crippen molar-refractivity contribution in [2.24, 2.45) is 0 Å². The molecule has 1 fully saturated rings. The lowest BCUT2D eigenvalue weighted by molar-refractivity contribution is -0.302. The predicted molar refractivity (Wildman–Crippen MR) is 364 cm³/mol. The van der Waals surface area contributed by atoms with Crippen LogP contribution < -0.4 is 5.32 Å².